The van der Waals surface area contributed by atoms with Crippen LogP contribution in [0.4, 0.5) is 0 Å². The maximum atomic E-state index is 10.2. The fourth-order valence-corrected chi connectivity index (χ4v) is 1.36. The van der Waals surface area contributed by atoms with E-state index in [2.05, 4.69) is 5.32 Å². The minimum absolute atomic E-state index is 0.426. The van der Waals surface area contributed by atoms with E-state index < -0.39 is 4.92 Å². The molecule has 0 saturated carbocycles. The third-order valence-electron chi connectivity index (χ3n) is 1.93. The zero-order valence-electron chi connectivity index (χ0n) is 7.12. The third-order valence-corrected chi connectivity index (χ3v) is 1.93. The van der Waals surface area contributed by atoms with E-state index in [-0.39, 0.29) is 0 Å². The highest BCUT2D eigenvalue weighted by atomic mass is 16.6. The van der Waals surface area contributed by atoms with Crippen molar-refractivity contribution in [2.24, 2.45) is 0 Å². The Morgan fingerprint density at radius 2 is 2.17 bits per heavy atom. The van der Waals surface area contributed by atoms with Gasteiger partial charge in [-0.3, -0.25) is 10.1 Å². The highest BCUT2D eigenvalue weighted by Crippen LogP contribution is 2.11. The molecule has 0 unspecified atom stereocenters. The van der Waals surface area contributed by atoms with E-state index in [1.165, 1.54) is 0 Å². The largest absolute Gasteiger partial charge is 0.370 e. The molecule has 5 heteroatoms. The van der Waals surface area contributed by atoms with Gasteiger partial charge in [-0.15, -0.1) is 0 Å². The quantitative estimate of drug-likeness (QED) is 0.492. The number of hydrogen-bond acceptors (Lipinski definition) is 4. The standard InChI is InChI=1S/C7H13N3O2/c1-8-7(6-10(11)12)9-4-2-3-5-9/h6,8H,2-5H2,1H3/b7-6+. The lowest BCUT2D eigenvalue weighted by molar-refractivity contribution is -0.404. The van der Waals surface area contributed by atoms with Crippen molar-refractivity contribution < 1.29 is 4.92 Å². The van der Waals surface area contributed by atoms with Gasteiger partial charge < -0.3 is 10.2 Å². The average Bonchev–Trinajstić information content (AvgIpc) is 2.51. The summed E-state index contributed by atoms with van der Waals surface area (Å²) in [6.45, 7) is 1.83. The Labute approximate surface area is 71.2 Å². The molecular weight excluding hydrogens is 158 g/mol. The average molecular weight is 171 g/mol. The molecule has 0 atom stereocenters. The Kier molecular flexibility index (Phi) is 2.90. The second-order valence-electron chi connectivity index (χ2n) is 2.74. The summed E-state index contributed by atoms with van der Waals surface area (Å²) in [5.41, 5.74) is 0. The van der Waals surface area contributed by atoms with Crippen LogP contribution in [0.3, 0.4) is 0 Å². The molecule has 0 aromatic carbocycles. The van der Waals surface area contributed by atoms with Gasteiger partial charge in [0.25, 0.3) is 6.20 Å². The van der Waals surface area contributed by atoms with Crippen molar-refractivity contribution in [3.63, 3.8) is 0 Å². The monoisotopic (exact) mass is 171 g/mol. The zero-order valence-corrected chi connectivity index (χ0v) is 7.12. The van der Waals surface area contributed by atoms with E-state index in [1.807, 2.05) is 4.90 Å². The van der Waals surface area contributed by atoms with Crippen molar-refractivity contribution in [2.75, 3.05) is 20.1 Å². The minimum atomic E-state index is -0.426. The van der Waals surface area contributed by atoms with Gasteiger partial charge in [-0.05, 0) is 12.8 Å². The lowest BCUT2D eigenvalue weighted by Gasteiger charge is -2.17. The molecule has 68 valence electrons. The number of nitrogens with zero attached hydrogens (tertiary/aromatic N) is 2. The molecule has 1 aliphatic rings. The van der Waals surface area contributed by atoms with E-state index in [4.69, 9.17) is 0 Å². The zero-order chi connectivity index (χ0) is 8.97. The Bertz CT molecular complexity index is 197. The van der Waals surface area contributed by atoms with Gasteiger partial charge in [0.1, 0.15) is 0 Å². The maximum absolute atomic E-state index is 10.2. The highest BCUT2D eigenvalue weighted by molar-refractivity contribution is 4.95. The number of hydrogen-bond donors (Lipinski definition) is 1. The van der Waals surface area contributed by atoms with Gasteiger partial charge in [0.05, 0.1) is 4.92 Å². The van der Waals surface area contributed by atoms with Crippen molar-refractivity contribution in [2.45, 2.75) is 12.8 Å². The molecule has 0 aliphatic carbocycles. The van der Waals surface area contributed by atoms with Crippen LogP contribution in [0.15, 0.2) is 12.0 Å². The number of nitrogens with one attached hydrogen (secondary N) is 1. The van der Waals surface area contributed by atoms with Gasteiger partial charge in [-0.2, -0.15) is 0 Å². The van der Waals surface area contributed by atoms with Crippen LogP contribution in [0, 0.1) is 10.1 Å². The normalized spacial score (nSPS) is 18.1. The number of likely N-dealkylation sites (tertiary alicyclic amines) is 1. The third kappa shape index (κ3) is 2.11. The van der Waals surface area contributed by atoms with Crippen LogP contribution < -0.4 is 5.32 Å². The molecule has 1 heterocycles. The molecule has 0 radical (unpaired) electrons. The predicted molar refractivity (Wildman–Crippen MR) is 44.9 cm³/mol. The Morgan fingerprint density at radius 1 is 1.58 bits per heavy atom. The molecule has 1 saturated heterocycles. The first-order valence-corrected chi connectivity index (χ1v) is 4.02. The second-order valence-corrected chi connectivity index (χ2v) is 2.74. The molecule has 0 amide bonds. The Morgan fingerprint density at radius 3 is 2.58 bits per heavy atom. The second kappa shape index (κ2) is 3.94. The Balaban J connectivity index is 2.60. The summed E-state index contributed by atoms with van der Waals surface area (Å²) in [7, 11) is 1.70. The fourth-order valence-electron chi connectivity index (χ4n) is 1.36. The van der Waals surface area contributed by atoms with Crippen LogP contribution in [0.2, 0.25) is 0 Å². The van der Waals surface area contributed by atoms with Gasteiger partial charge in [-0.1, -0.05) is 0 Å². The van der Waals surface area contributed by atoms with Crippen LogP contribution in [-0.4, -0.2) is 30.0 Å². The smallest absolute Gasteiger partial charge is 0.274 e. The Hall–Kier alpha value is -1.26. The fraction of sp³-hybridized carbons (Fsp3) is 0.714. The predicted octanol–water partition coefficient (Wildman–Crippen LogP) is 0.377. The van der Waals surface area contributed by atoms with Gasteiger partial charge in [0.2, 0.25) is 0 Å². The van der Waals surface area contributed by atoms with Gasteiger partial charge in [0.15, 0.2) is 5.82 Å². The van der Waals surface area contributed by atoms with Crippen molar-refractivity contribution >= 4 is 0 Å². The summed E-state index contributed by atoms with van der Waals surface area (Å²) in [6.07, 6.45) is 3.26. The number of rotatable bonds is 3. The van der Waals surface area contributed by atoms with Crippen LogP contribution in [0.1, 0.15) is 12.8 Å². The molecule has 12 heavy (non-hydrogen) atoms. The summed E-state index contributed by atoms with van der Waals surface area (Å²) in [5, 5.41) is 13.0. The first-order valence-electron chi connectivity index (χ1n) is 4.02. The molecule has 5 nitrogen and oxygen atoms in total. The van der Waals surface area contributed by atoms with E-state index in [0.29, 0.717) is 5.82 Å². The summed E-state index contributed by atoms with van der Waals surface area (Å²) in [4.78, 5) is 11.8. The molecule has 1 rings (SSSR count). The van der Waals surface area contributed by atoms with Crippen LogP contribution in [0.5, 0.6) is 0 Å². The first kappa shape index (κ1) is 8.83. The highest BCUT2D eigenvalue weighted by Gasteiger charge is 2.15. The summed E-state index contributed by atoms with van der Waals surface area (Å²) < 4.78 is 0. The van der Waals surface area contributed by atoms with E-state index in [9.17, 15) is 10.1 Å². The van der Waals surface area contributed by atoms with E-state index in [1.54, 1.807) is 7.05 Å². The first-order chi connectivity index (χ1) is 5.74. The molecule has 1 N–H and O–H groups in total. The van der Waals surface area contributed by atoms with Crippen molar-refractivity contribution in [3.05, 3.63) is 22.1 Å². The van der Waals surface area contributed by atoms with E-state index in [0.717, 1.165) is 32.1 Å². The summed E-state index contributed by atoms with van der Waals surface area (Å²) in [5.74, 6) is 0.609. The maximum Gasteiger partial charge on any atom is 0.274 e. The minimum Gasteiger partial charge on any atom is -0.370 e. The van der Waals surface area contributed by atoms with Gasteiger partial charge in [0, 0.05) is 20.1 Å². The molecular formula is C7H13N3O2. The lowest BCUT2D eigenvalue weighted by atomic mass is 10.4. The van der Waals surface area contributed by atoms with Crippen LogP contribution in [0.25, 0.3) is 0 Å². The van der Waals surface area contributed by atoms with Gasteiger partial charge >= 0.3 is 0 Å². The van der Waals surface area contributed by atoms with Crippen molar-refractivity contribution in [3.8, 4) is 0 Å². The van der Waals surface area contributed by atoms with Crippen LogP contribution in [-0.2, 0) is 0 Å². The molecule has 0 aromatic heterocycles. The van der Waals surface area contributed by atoms with Crippen molar-refractivity contribution in [1.82, 2.24) is 10.2 Å². The molecule has 1 fully saturated rings. The molecule has 0 bridgehead atoms. The lowest BCUT2D eigenvalue weighted by Crippen LogP contribution is -2.27. The topological polar surface area (TPSA) is 58.4 Å². The SMILES string of the molecule is CN/C(=C\[N+](=O)[O-])N1CCCC1. The molecule has 0 spiro atoms. The van der Waals surface area contributed by atoms with Crippen molar-refractivity contribution in [1.29, 1.82) is 0 Å². The summed E-state index contributed by atoms with van der Waals surface area (Å²) in [6, 6.07) is 0. The van der Waals surface area contributed by atoms with Crippen LogP contribution >= 0.6 is 0 Å². The summed E-state index contributed by atoms with van der Waals surface area (Å²) >= 11 is 0. The molecule has 0 aromatic rings. The van der Waals surface area contributed by atoms with Gasteiger partial charge in [-0.25, -0.2) is 0 Å². The molecule has 1 aliphatic heterocycles. The van der Waals surface area contributed by atoms with E-state index >= 15 is 0 Å². The number of nitro groups is 1.